The number of hydrogen-bond acceptors (Lipinski definition) is 3. The van der Waals surface area contributed by atoms with Gasteiger partial charge in [0, 0.05) is 19.7 Å². The lowest BCUT2D eigenvalue weighted by molar-refractivity contribution is 0.0695. The molecule has 0 saturated heterocycles. The van der Waals surface area contributed by atoms with Crippen LogP contribution in [0.5, 0.6) is 0 Å². The molecule has 2 rings (SSSR count). The Morgan fingerprint density at radius 1 is 1.44 bits per heavy atom. The Hall–Kier alpha value is -1.39. The zero-order valence-electron chi connectivity index (χ0n) is 10.6. The highest BCUT2D eigenvalue weighted by Crippen LogP contribution is 2.22. The van der Waals surface area contributed by atoms with Crippen molar-refractivity contribution in [2.75, 3.05) is 7.11 Å². The first-order chi connectivity index (χ1) is 8.70. The second-order valence-corrected chi connectivity index (χ2v) is 4.71. The number of ether oxygens (including phenoxy) is 1. The summed E-state index contributed by atoms with van der Waals surface area (Å²) in [6.45, 7) is 0.601. The molecule has 1 aromatic carbocycles. The largest absolute Gasteiger partial charge is 0.478 e. The maximum Gasteiger partial charge on any atom is 0.336 e. The van der Waals surface area contributed by atoms with E-state index in [0.29, 0.717) is 24.3 Å². The monoisotopic (exact) mass is 249 g/mol. The zero-order chi connectivity index (χ0) is 13.0. The molecular weight excluding hydrogens is 230 g/mol. The second-order valence-electron chi connectivity index (χ2n) is 4.71. The predicted octanol–water partition coefficient (Wildman–Crippen LogP) is 2.04. The van der Waals surface area contributed by atoms with Crippen molar-refractivity contribution in [3.05, 3.63) is 35.4 Å². The van der Waals surface area contributed by atoms with Crippen molar-refractivity contribution in [2.45, 2.75) is 38.0 Å². The third-order valence-electron chi connectivity index (χ3n) is 3.55. The molecule has 0 aliphatic heterocycles. The number of hydrogen-bond donors (Lipinski definition) is 2. The van der Waals surface area contributed by atoms with Crippen LogP contribution >= 0.6 is 0 Å². The molecule has 0 bridgehead atoms. The summed E-state index contributed by atoms with van der Waals surface area (Å²) in [5.41, 5.74) is 1.22. The fourth-order valence-corrected chi connectivity index (χ4v) is 2.48. The summed E-state index contributed by atoms with van der Waals surface area (Å²) in [5.74, 6) is -0.867. The summed E-state index contributed by atoms with van der Waals surface area (Å²) in [6.07, 6.45) is 3.52. The smallest absolute Gasteiger partial charge is 0.336 e. The van der Waals surface area contributed by atoms with Crippen molar-refractivity contribution in [1.29, 1.82) is 0 Å². The molecule has 0 radical (unpaired) electrons. The van der Waals surface area contributed by atoms with E-state index in [0.717, 1.165) is 24.8 Å². The molecule has 1 aromatic rings. The molecule has 1 fully saturated rings. The highest BCUT2D eigenvalue weighted by atomic mass is 16.5. The van der Waals surface area contributed by atoms with Crippen LogP contribution in [0.4, 0.5) is 0 Å². The van der Waals surface area contributed by atoms with Crippen molar-refractivity contribution in [1.82, 2.24) is 5.32 Å². The van der Waals surface area contributed by atoms with Gasteiger partial charge in [0.15, 0.2) is 0 Å². The zero-order valence-corrected chi connectivity index (χ0v) is 10.6. The number of carboxylic acid groups (broad SMARTS) is 1. The van der Waals surface area contributed by atoms with Gasteiger partial charge in [-0.2, -0.15) is 0 Å². The van der Waals surface area contributed by atoms with Crippen LogP contribution in [0, 0.1) is 0 Å². The summed E-state index contributed by atoms with van der Waals surface area (Å²) in [7, 11) is 1.74. The van der Waals surface area contributed by atoms with E-state index in [2.05, 4.69) is 5.32 Å². The molecule has 0 spiro atoms. The van der Waals surface area contributed by atoms with Crippen LogP contribution in [0.3, 0.4) is 0 Å². The molecule has 1 aliphatic carbocycles. The fourth-order valence-electron chi connectivity index (χ4n) is 2.48. The van der Waals surface area contributed by atoms with E-state index in [1.165, 1.54) is 0 Å². The van der Waals surface area contributed by atoms with Crippen LogP contribution in [0.25, 0.3) is 0 Å². The van der Waals surface area contributed by atoms with Crippen molar-refractivity contribution < 1.29 is 14.6 Å². The third-order valence-corrected chi connectivity index (χ3v) is 3.55. The maximum atomic E-state index is 11.1. The van der Waals surface area contributed by atoms with Gasteiger partial charge >= 0.3 is 5.97 Å². The molecule has 1 saturated carbocycles. The molecule has 1 aliphatic rings. The van der Waals surface area contributed by atoms with E-state index < -0.39 is 5.97 Å². The molecule has 0 aromatic heterocycles. The summed E-state index contributed by atoms with van der Waals surface area (Å²) in [5, 5.41) is 12.5. The van der Waals surface area contributed by atoms with Crippen molar-refractivity contribution in [3.8, 4) is 0 Å². The molecule has 2 N–H and O–H groups in total. The lowest BCUT2D eigenvalue weighted by Crippen LogP contribution is -2.27. The number of nitrogens with one attached hydrogen (secondary N) is 1. The third kappa shape index (κ3) is 3.09. The van der Waals surface area contributed by atoms with Crippen LogP contribution in [0.1, 0.15) is 35.2 Å². The van der Waals surface area contributed by atoms with Gasteiger partial charge in [0.2, 0.25) is 0 Å². The standard InChI is InChI=1S/C14H19NO3/c1-18-12-7-6-11(8-12)15-9-10-4-2-3-5-13(10)14(16)17/h2-5,11-12,15H,6-9H2,1H3,(H,16,17). The maximum absolute atomic E-state index is 11.1. The van der Waals surface area contributed by atoms with E-state index in [4.69, 9.17) is 9.84 Å². The number of carbonyl (C=O) groups is 1. The molecule has 98 valence electrons. The summed E-state index contributed by atoms with van der Waals surface area (Å²) >= 11 is 0. The molecule has 18 heavy (non-hydrogen) atoms. The van der Waals surface area contributed by atoms with E-state index in [1.54, 1.807) is 19.2 Å². The Balaban J connectivity index is 1.92. The summed E-state index contributed by atoms with van der Waals surface area (Å²) in [4.78, 5) is 11.1. The molecular formula is C14H19NO3. The van der Waals surface area contributed by atoms with E-state index in [-0.39, 0.29) is 0 Å². The number of aromatic carboxylic acids is 1. The van der Waals surface area contributed by atoms with Crippen molar-refractivity contribution in [3.63, 3.8) is 0 Å². The summed E-state index contributed by atoms with van der Waals surface area (Å²) < 4.78 is 5.32. The van der Waals surface area contributed by atoms with Gasteiger partial charge in [-0.05, 0) is 30.9 Å². The molecule has 0 heterocycles. The van der Waals surface area contributed by atoms with Gasteiger partial charge < -0.3 is 15.2 Å². The van der Waals surface area contributed by atoms with Gasteiger partial charge in [-0.3, -0.25) is 0 Å². The molecule has 2 unspecified atom stereocenters. The van der Waals surface area contributed by atoms with Gasteiger partial charge in [-0.1, -0.05) is 18.2 Å². The first-order valence-corrected chi connectivity index (χ1v) is 6.28. The Morgan fingerprint density at radius 3 is 2.89 bits per heavy atom. The minimum Gasteiger partial charge on any atom is -0.478 e. The molecule has 0 amide bonds. The first-order valence-electron chi connectivity index (χ1n) is 6.28. The van der Waals surface area contributed by atoms with Crippen molar-refractivity contribution >= 4 is 5.97 Å². The Labute approximate surface area is 107 Å². The van der Waals surface area contributed by atoms with E-state index >= 15 is 0 Å². The van der Waals surface area contributed by atoms with Crippen molar-refractivity contribution in [2.24, 2.45) is 0 Å². The Bertz CT molecular complexity index is 419. The van der Waals surface area contributed by atoms with Crippen LogP contribution in [-0.2, 0) is 11.3 Å². The number of rotatable bonds is 5. The highest BCUT2D eigenvalue weighted by molar-refractivity contribution is 5.89. The lowest BCUT2D eigenvalue weighted by Gasteiger charge is -2.14. The van der Waals surface area contributed by atoms with Crippen LogP contribution in [0.2, 0.25) is 0 Å². The topological polar surface area (TPSA) is 58.6 Å². The molecule has 2 atom stereocenters. The van der Waals surface area contributed by atoms with E-state index in [9.17, 15) is 4.79 Å². The van der Waals surface area contributed by atoms with Crippen LogP contribution in [-0.4, -0.2) is 30.3 Å². The van der Waals surface area contributed by atoms with Gasteiger partial charge in [0.05, 0.1) is 11.7 Å². The Kier molecular flexibility index (Phi) is 4.33. The van der Waals surface area contributed by atoms with Gasteiger partial charge in [0.1, 0.15) is 0 Å². The average Bonchev–Trinajstić information content (AvgIpc) is 2.84. The second kappa shape index (κ2) is 5.98. The predicted molar refractivity (Wildman–Crippen MR) is 68.7 cm³/mol. The first kappa shape index (κ1) is 13.1. The normalized spacial score (nSPS) is 23.2. The van der Waals surface area contributed by atoms with Gasteiger partial charge in [0.25, 0.3) is 0 Å². The SMILES string of the molecule is COC1CCC(NCc2ccccc2C(=O)O)C1. The fraction of sp³-hybridized carbons (Fsp3) is 0.500. The summed E-state index contributed by atoms with van der Waals surface area (Å²) in [6, 6.07) is 7.56. The van der Waals surface area contributed by atoms with Crippen LogP contribution in [0.15, 0.2) is 24.3 Å². The highest BCUT2D eigenvalue weighted by Gasteiger charge is 2.24. The minimum atomic E-state index is -0.867. The molecule has 4 heteroatoms. The Morgan fingerprint density at radius 2 is 2.22 bits per heavy atom. The minimum absolute atomic E-state index is 0.345. The van der Waals surface area contributed by atoms with E-state index in [1.807, 2.05) is 12.1 Å². The van der Waals surface area contributed by atoms with Crippen LogP contribution < -0.4 is 5.32 Å². The lowest BCUT2D eigenvalue weighted by atomic mass is 10.1. The van der Waals surface area contributed by atoms with Gasteiger partial charge in [-0.25, -0.2) is 4.79 Å². The average molecular weight is 249 g/mol. The van der Waals surface area contributed by atoms with Gasteiger partial charge in [-0.15, -0.1) is 0 Å². The number of benzene rings is 1. The number of carboxylic acids is 1. The molecule has 4 nitrogen and oxygen atoms in total. The quantitative estimate of drug-likeness (QED) is 0.838. The number of methoxy groups -OCH3 is 1.